The van der Waals surface area contributed by atoms with Gasteiger partial charge in [-0.05, 0) is 49.6 Å². The number of aromatic nitrogens is 2. The Balaban J connectivity index is 1.59. The van der Waals surface area contributed by atoms with E-state index < -0.39 is 10.0 Å². The normalized spacial score (nSPS) is 15.9. The predicted octanol–water partition coefficient (Wildman–Crippen LogP) is 2.06. The second kappa shape index (κ2) is 9.11. The van der Waals surface area contributed by atoms with Crippen LogP contribution in [0.1, 0.15) is 25.3 Å². The molecule has 8 nitrogen and oxygen atoms in total. The number of nitrogens with one attached hydrogen (secondary N) is 1. The van der Waals surface area contributed by atoms with Crippen LogP contribution in [0, 0.1) is 5.92 Å². The molecule has 0 radical (unpaired) electrons. The molecule has 0 spiro atoms. The van der Waals surface area contributed by atoms with Crippen molar-refractivity contribution in [2.24, 2.45) is 5.92 Å². The summed E-state index contributed by atoms with van der Waals surface area (Å²) < 4.78 is 31.2. The third-order valence-corrected chi connectivity index (χ3v) is 6.62. The Bertz CT molecular complexity index is 897. The number of carbonyl (C=O) groups excluding carboxylic acids is 1. The Kier molecular flexibility index (Phi) is 6.58. The zero-order valence-electron chi connectivity index (χ0n) is 15.7. The molecule has 0 bridgehead atoms. The van der Waals surface area contributed by atoms with Crippen LogP contribution in [-0.2, 0) is 21.4 Å². The second-order valence-corrected chi connectivity index (χ2v) is 8.81. The van der Waals surface area contributed by atoms with Crippen LogP contribution in [0.2, 0.25) is 0 Å². The first-order valence-corrected chi connectivity index (χ1v) is 10.9. The fourth-order valence-corrected chi connectivity index (χ4v) is 4.17. The lowest BCUT2D eigenvalue weighted by Gasteiger charge is -2.30. The quantitative estimate of drug-likeness (QED) is 0.758. The lowest BCUT2D eigenvalue weighted by atomic mass is 9.97. The Labute approximate surface area is 165 Å². The van der Waals surface area contributed by atoms with E-state index in [0.29, 0.717) is 44.1 Å². The molecule has 2 aromatic rings. The van der Waals surface area contributed by atoms with Gasteiger partial charge < -0.3 is 10.1 Å². The first-order chi connectivity index (χ1) is 13.5. The van der Waals surface area contributed by atoms with E-state index >= 15 is 0 Å². The summed E-state index contributed by atoms with van der Waals surface area (Å²) in [7, 11) is -3.20. The Morgan fingerprint density at radius 1 is 1.21 bits per heavy atom. The molecule has 1 amide bonds. The molecule has 0 saturated carbocycles. The summed E-state index contributed by atoms with van der Waals surface area (Å²) in [4.78, 5) is 20.8. The van der Waals surface area contributed by atoms with E-state index in [0.717, 1.165) is 5.56 Å². The minimum atomic E-state index is -3.20. The van der Waals surface area contributed by atoms with Crippen LogP contribution in [0.5, 0.6) is 5.75 Å². The highest BCUT2D eigenvalue weighted by molar-refractivity contribution is 7.89. The smallest absolute Gasteiger partial charge is 0.228 e. The highest BCUT2D eigenvalue weighted by Gasteiger charge is 2.30. The van der Waals surface area contributed by atoms with Gasteiger partial charge in [-0.25, -0.2) is 17.7 Å². The largest absolute Gasteiger partial charge is 0.485 e. The Hall–Kier alpha value is -2.52. The van der Waals surface area contributed by atoms with Crippen molar-refractivity contribution < 1.29 is 17.9 Å². The van der Waals surface area contributed by atoms with Crippen molar-refractivity contribution >= 4 is 21.7 Å². The minimum Gasteiger partial charge on any atom is -0.485 e. The van der Waals surface area contributed by atoms with Crippen LogP contribution in [0.25, 0.3) is 0 Å². The maximum absolute atomic E-state index is 12.6. The summed E-state index contributed by atoms with van der Waals surface area (Å²) in [6.07, 6.45) is 5.95. The van der Waals surface area contributed by atoms with Crippen molar-refractivity contribution in [2.75, 3.05) is 24.2 Å². The standard InChI is InChI=1S/C19H24N4O4S/c1-2-28(25,26)23-12-7-16(8-13-23)19(24)22-18-17(4-3-9-21-18)27-14-15-5-10-20-11-6-15/h3-6,9-11,16H,2,7-8,12-14H2,1H3,(H,21,22,24). The SMILES string of the molecule is CCS(=O)(=O)N1CCC(C(=O)Nc2ncccc2OCc2ccncc2)CC1. The Morgan fingerprint density at radius 3 is 2.61 bits per heavy atom. The number of sulfonamides is 1. The molecule has 3 heterocycles. The van der Waals surface area contributed by atoms with Crippen molar-refractivity contribution in [3.05, 3.63) is 48.4 Å². The zero-order chi connectivity index (χ0) is 20.0. The molecule has 3 rings (SSSR count). The summed E-state index contributed by atoms with van der Waals surface area (Å²) in [6.45, 7) is 2.69. The molecule has 0 unspecified atom stereocenters. The van der Waals surface area contributed by atoms with Gasteiger partial charge in [-0.15, -0.1) is 0 Å². The van der Waals surface area contributed by atoms with Gasteiger partial charge in [0, 0.05) is 37.6 Å². The van der Waals surface area contributed by atoms with Crippen molar-refractivity contribution in [3.63, 3.8) is 0 Å². The highest BCUT2D eigenvalue weighted by Crippen LogP contribution is 2.25. The molecule has 1 aliphatic rings. The van der Waals surface area contributed by atoms with Gasteiger partial charge in [-0.2, -0.15) is 0 Å². The molecule has 0 aromatic carbocycles. The van der Waals surface area contributed by atoms with Crippen molar-refractivity contribution in [2.45, 2.75) is 26.4 Å². The molecule has 0 atom stereocenters. The van der Waals surface area contributed by atoms with Crippen molar-refractivity contribution in [1.82, 2.24) is 14.3 Å². The number of ether oxygens (including phenoxy) is 1. The molecule has 2 aromatic heterocycles. The van der Waals surface area contributed by atoms with E-state index in [-0.39, 0.29) is 17.6 Å². The first kappa shape index (κ1) is 20.2. The van der Waals surface area contributed by atoms with E-state index in [1.54, 1.807) is 37.6 Å². The second-order valence-electron chi connectivity index (χ2n) is 6.56. The Morgan fingerprint density at radius 2 is 1.93 bits per heavy atom. The maximum Gasteiger partial charge on any atom is 0.228 e. The van der Waals surface area contributed by atoms with Gasteiger partial charge in [0.15, 0.2) is 11.6 Å². The molecule has 1 saturated heterocycles. The zero-order valence-corrected chi connectivity index (χ0v) is 16.6. The molecular weight excluding hydrogens is 380 g/mol. The van der Waals surface area contributed by atoms with E-state index in [1.165, 1.54) is 4.31 Å². The van der Waals surface area contributed by atoms with Gasteiger partial charge in [-0.3, -0.25) is 9.78 Å². The number of rotatable bonds is 7. The number of piperidine rings is 1. The molecule has 1 fully saturated rings. The number of amides is 1. The van der Waals surface area contributed by atoms with Gasteiger partial charge in [0.05, 0.1) is 5.75 Å². The van der Waals surface area contributed by atoms with Crippen LogP contribution in [0.3, 0.4) is 0 Å². The van der Waals surface area contributed by atoms with Crippen LogP contribution >= 0.6 is 0 Å². The molecule has 150 valence electrons. The molecular formula is C19H24N4O4S. The monoisotopic (exact) mass is 404 g/mol. The summed E-state index contributed by atoms with van der Waals surface area (Å²) in [5, 5.41) is 2.83. The number of pyridine rings is 2. The lowest BCUT2D eigenvalue weighted by molar-refractivity contribution is -0.120. The van der Waals surface area contributed by atoms with E-state index in [9.17, 15) is 13.2 Å². The highest BCUT2D eigenvalue weighted by atomic mass is 32.2. The van der Waals surface area contributed by atoms with Gasteiger partial charge in [0.1, 0.15) is 6.61 Å². The number of hydrogen-bond donors (Lipinski definition) is 1. The number of carbonyl (C=O) groups is 1. The van der Waals surface area contributed by atoms with Crippen LogP contribution in [0.15, 0.2) is 42.9 Å². The summed E-state index contributed by atoms with van der Waals surface area (Å²) in [6, 6.07) is 7.20. The van der Waals surface area contributed by atoms with Crippen LogP contribution in [0.4, 0.5) is 5.82 Å². The molecule has 1 aliphatic heterocycles. The lowest BCUT2D eigenvalue weighted by Crippen LogP contribution is -2.42. The van der Waals surface area contributed by atoms with Gasteiger partial charge in [0.2, 0.25) is 15.9 Å². The number of anilines is 1. The average molecular weight is 404 g/mol. The minimum absolute atomic E-state index is 0.0793. The predicted molar refractivity (Wildman–Crippen MR) is 105 cm³/mol. The van der Waals surface area contributed by atoms with E-state index in [2.05, 4.69) is 15.3 Å². The van der Waals surface area contributed by atoms with E-state index in [4.69, 9.17) is 4.74 Å². The summed E-state index contributed by atoms with van der Waals surface area (Å²) in [5.74, 6) is 0.513. The molecule has 9 heteroatoms. The third kappa shape index (κ3) is 5.05. The van der Waals surface area contributed by atoms with Gasteiger partial charge in [0.25, 0.3) is 0 Å². The molecule has 28 heavy (non-hydrogen) atoms. The molecule has 1 N–H and O–H groups in total. The maximum atomic E-state index is 12.6. The summed E-state index contributed by atoms with van der Waals surface area (Å²) >= 11 is 0. The average Bonchev–Trinajstić information content (AvgIpc) is 2.74. The fourth-order valence-electron chi connectivity index (χ4n) is 3.04. The third-order valence-electron chi connectivity index (χ3n) is 4.74. The van der Waals surface area contributed by atoms with Gasteiger partial charge >= 0.3 is 0 Å². The van der Waals surface area contributed by atoms with Crippen LogP contribution < -0.4 is 10.1 Å². The van der Waals surface area contributed by atoms with E-state index in [1.807, 2.05) is 12.1 Å². The number of nitrogens with zero attached hydrogens (tertiary/aromatic N) is 3. The van der Waals surface area contributed by atoms with Crippen molar-refractivity contribution in [3.8, 4) is 5.75 Å². The summed E-state index contributed by atoms with van der Waals surface area (Å²) in [5.41, 5.74) is 0.959. The number of hydrogen-bond acceptors (Lipinski definition) is 6. The molecule has 0 aliphatic carbocycles. The van der Waals surface area contributed by atoms with Crippen molar-refractivity contribution in [1.29, 1.82) is 0 Å². The topological polar surface area (TPSA) is 101 Å². The first-order valence-electron chi connectivity index (χ1n) is 9.25. The van der Waals surface area contributed by atoms with Gasteiger partial charge in [-0.1, -0.05) is 0 Å². The van der Waals surface area contributed by atoms with Crippen LogP contribution in [-0.4, -0.2) is 47.4 Å². The fraction of sp³-hybridized carbons (Fsp3) is 0.421.